The van der Waals surface area contributed by atoms with Gasteiger partial charge < -0.3 is 5.32 Å². The van der Waals surface area contributed by atoms with Crippen LogP contribution in [-0.2, 0) is 13.1 Å². The average Bonchev–Trinajstić information content (AvgIpc) is 2.95. The van der Waals surface area contributed by atoms with Crippen molar-refractivity contribution in [2.24, 2.45) is 0 Å². The van der Waals surface area contributed by atoms with Crippen molar-refractivity contribution in [3.05, 3.63) is 69.8 Å². The van der Waals surface area contributed by atoms with Gasteiger partial charge in [-0.3, -0.25) is 0 Å². The summed E-state index contributed by atoms with van der Waals surface area (Å²) in [6.07, 6.45) is 0. The van der Waals surface area contributed by atoms with Crippen molar-refractivity contribution < 1.29 is 0 Å². The first kappa shape index (κ1) is 16.0. The first-order chi connectivity index (χ1) is 11.2. The first-order valence-corrected chi connectivity index (χ1v) is 8.01. The summed E-state index contributed by atoms with van der Waals surface area (Å²) < 4.78 is 0. The molecule has 1 N–H and O–H groups in total. The highest BCUT2D eigenvalue weighted by Gasteiger charge is 2.13. The highest BCUT2D eigenvalue weighted by Crippen LogP contribution is 2.24. The molecule has 0 spiro atoms. The summed E-state index contributed by atoms with van der Waals surface area (Å²) in [5.74, 6) is 0. The minimum Gasteiger partial charge on any atom is -0.314 e. The van der Waals surface area contributed by atoms with E-state index in [2.05, 4.69) is 15.5 Å². The van der Waals surface area contributed by atoms with Gasteiger partial charge in [-0.05, 0) is 24.7 Å². The Morgan fingerprint density at radius 3 is 2.48 bits per heavy atom. The number of nitrogens with one attached hydrogen (secondary N) is 1. The molecule has 2 aromatic carbocycles. The van der Waals surface area contributed by atoms with Gasteiger partial charge in [-0.25, -0.2) is 0 Å². The van der Waals surface area contributed by atoms with Crippen LogP contribution in [0.3, 0.4) is 0 Å². The molecule has 0 radical (unpaired) electrons. The van der Waals surface area contributed by atoms with Crippen LogP contribution in [0.1, 0.15) is 11.3 Å². The van der Waals surface area contributed by atoms with E-state index in [9.17, 15) is 0 Å². The standard InChI is InChI=1S/C17H16Cl2N4/c1-20-10-16-17(13-5-3-2-4-6-13)22-23(21-16)11-12-7-8-14(18)15(19)9-12/h2-9,20H,10-11H2,1H3. The minimum atomic E-state index is 0.537. The molecule has 0 aliphatic heterocycles. The van der Waals surface area contributed by atoms with Crippen LogP contribution in [0.15, 0.2) is 48.5 Å². The molecule has 0 aliphatic rings. The van der Waals surface area contributed by atoms with Gasteiger partial charge in [-0.1, -0.05) is 59.6 Å². The van der Waals surface area contributed by atoms with Crippen molar-refractivity contribution >= 4 is 23.2 Å². The van der Waals surface area contributed by atoms with Gasteiger partial charge in [0.1, 0.15) is 11.4 Å². The molecule has 0 amide bonds. The third-order valence-electron chi connectivity index (χ3n) is 3.42. The third kappa shape index (κ3) is 3.72. The van der Waals surface area contributed by atoms with E-state index in [0.717, 1.165) is 22.5 Å². The molecule has 0 atom stereocenters. The van der Waals surface area contributed by atoms with E-state index < -0.39 is 0 Å². The summed E-state index contributed by atoms with van der Waals surface area (Å²) in [5.41, 5.74) is 3.86. The van der Waals surface area contributed by atoms with Crippen LogP contribution in [0.2, 0.25) is 10.0 Å². The number of nitrogens with zero attached hydrogens (tertiary/aromatic N) is 3. The fourth-order valence-corrected chi connectivity index (χ4v) is 2.68. The first-order valence-electron chi connectivity index (χ1n) is 7.25. The molecule has 0 saturated heterocycles. The summed E-state index contributed by atoms with van der Waals surface area (Å²) in [5, 5.41) is 13.4. The molecular formula is C17H16Cl2N4. The zero-order valence-electron chi connectivity index (χ0n) is 12.6. The number of benzene rings is 2. The summed E-state index contributed by atoms with van der Waals surface area (Å²) in [7, 11) is 1.90. The van der Waals surface area contributed by atoms with Crippen LogP contribution in [0, 0.1) is 0 Å². The minimum absolute atomic E-state index is 0.537. The van der Waals surface area contributed by atoms with Crippen LogP contribution >= 0.6 is 23.2 Å². The topological polar surface area (TPSA) is 42.7 Å². The second kappa shape index (κ2) is 7.13. The van der Waals surface area contributed by atoms with Crippen molar-refractivity contribution in [3.8, 4) is 11.3 Å². The SMILES string of the molecule is CNCc1nn(Cc2ccc(Cl)c(Cl)c2)nc1-c1ccccc1. The average molecular weight is 347 g/mol. The number of halogens is 2. The zero-order chi connectivity index (χ0) is 16.2. The zero-order valence-corrected chi connectivity index (χ0v) is 14.1. The summed E-state index contributed by atoms with van der Waals surface area (Å²) in [4.78, 5) is 1.69. The maximum absolute atomic E-state index is 6.07. The molecule has 6 heteroatoms. The van der Waals surface area contributed by atoms with Gasteiger partial charge >= 0.3 is 0 Å². The molecule has 118 valence electrons. The largest absolute Gasteiger partial charge is 0.314 e. The smallest absolute Gasteiger partial charge is 0.117 e. The fourth-order valence-electron chi connectivity index (χ4n) is 2.36. The Kier molecular flexibility index (Phi) is 4.96. The molecule has 1 heterocycles. The lowest BCUT2D eigenvalue weighted by Gasteiger charge is -2.02. The molecule has 4 nitrogen and oxygen atoms in total. The maximum Gasteiger partial charge on any atom is 0.117 e. The van der Waals surface area contributed by atoms with E-state index in [1.807, 2.05) is 49.5 Å². The predicted molar refractivity (Wildman–Crippen MR) is 93.8 cm³/mol. The quantitative estimate of drug-likeness (QED) is 0.758. The molecule has 0 saturated carbocycles. The van der Waals surface area contributed by atoms with Crippen LogP contribution in [0.4, 0.5) is 0 Å². The van der Waals surface area contributed by atoms with E-state index >= 15 is 0 Å². The van der Waals surface area contributed by atoms with E-state index in [1.165, 1.54) is 0 Å². The third-order valence-corrected chi connectivity index (χ3v) is 4.16. The number of rotatable bonds is 5. The van der Waals surface area contributed by atoms with Gasteiger partial charge in [0.15, 0.2) is 0 Å². The number of aromatic nitrogens is 3. The van der Waals surface area contributed by atoms with Crippen LogP contribution in [0.5, 0.6) is 0 Å². The lowest BCUT2D eigenvalue weighted by molar-refractivity contribution is 0.582. The Balaban J connectivity index is 1.92. The van der Waals surface area contributed by atoms with Crippen LogP contribution in [0.25, 0.3) is 11.3 Å². The second-order valence-electron chi connectivity index (χ2n) is 5.17. The van der Waals surface area contributed by atoms with E-state index in [4.69, 9.17) is 23.2 Å². The summed E-state index contributed by atoms with van der Waals surface area (Å²) >= 11 is 12.0. The second-order valence-corrected chi connectivity index (χ2v) is 5.98. The van der Waals surface area contributed by atoms with Gasteiger partial charge in [-0.2, -0.15) is 15.0 Å². The monoisotopic (exact) mass is 346 g/mol. The van der Waals surface area contributed by atoms with Gasteiger partial charge in [0.2, 0.25) is 0 Å². The lowest BCUT2D eigenvalue weighted by atomic mass is 10.1. The molecule has 0 bridgehead atoms. The Morgan fingerprint density at radius 2 is 1.78 bits per heavy atom. The fraction of sp³-hybridized carbons (Fsp3) is 0.176. The van der Waals surface area contributed by atoms with Crippen molar-refractivity contribution in [2.45, 2.75) is 13.1 Å². The maximum atomic E-state index is 6.07. The summed E-state index contributed by atoms with van der Waals surface area (Å²) in [6, 6.07) is 15.6. The molecule has 3 aromatic rings. The molecule has 0 fully saturated rings. The van der Waals surface area contributed by atoms with Crippen LogP contribution < -0.4 is 5.32 Å². The molecule has 0 aliphatic carbocycles. The van der Waals surface area contributed by atoms with E-state index in [0.29, 0.717) is 23.1 Å². The van der Waals surface area contributed by atoms with E-state index in [1.54, 1.807) is 10.9 Å². The molecule has 23 heavy (non-hydrogen) atoms. The Hall–Kier alpha value is -1.88. The highest BCUT2D eigenvalue weighted by atomic mass is 35.5. The number of hydrogen-bond acceptors (Lipinski definition) is 3. The highest BCUT2D eigenvalue weighted by molar-refractivity contribution is 6.42. The Bertz CT molecular complexity index is 800. The Labute approximate surface area is 145 Å². The Morgan fingerprint density at radius 1 is 1.00 bits per heavy atom. The van der Waals surface area contributed by atoms with Gasteiger partial charge in [0.05, 0.1) is 16.6 Å². The molecular weight excluding hydrogens is 331 g/mol. The van der Waals surface area contributed by atoms with Crippen molar-refractivity contribution in [3.63, 3.8) is 0 Å². The van der Waals surface area contributed by atoms with Crippen molar-refractivity contribution in [2.75, 3.05) is 7.05 Å². The number of hydrogen-bond donors (Lipinski definition) is 1. The lowest BCUT2D eigenvalue weighted by Crippen LogP contribution is -2.08. The molecule has 0 unspecified atom stereocenters. The summed E-state index contributed by atoms with van der Waals surface area (Å²) in [6.45, 7) is 1.20. The van der Waals surface area contributed by atoms with Gasteiger partial charge in [0, 0.05) is 12.1 Å². The van der Waals surface area contributed by atoms with Crippen molar-refractivity contribution in [1.29, 1.82) is 0 Å². The van der Waals surface area contributed by atoms with Crippen LogP contribution in [-0.4, -0.2) is 22.0 Å². The molecule has 1 aromatic heterocycles. The normalized spacial score (nSPS) is 10.9. The van der Waals surface area contributed by atoms with Gasteiger partial charge in [-0.15, -0.1) is 0 Å². The van der Waals surface area contributed by atoms with Gasteiger partial charge in [0.25, 0.3) is 0 Å². The molecule has 3 rings (SSSR count). The van der Waals surface area contributed by atoms with Crippen molar-refractivity contribution in [1.82, 2.24) is 20.3 Å². The van der Waals surface area contributed by atoms with E-state index in [-0.39, 0.29) is 0 Å². The predicted octanol–water partition coefficient (Wildman–Crippen LogP) is 4.02.